The Balaban J connectivity index is 0.00000261. The van der Waals surface area contributed by atoms with Gasteiger partial charge in [-0.15, -0.1) is 12.4 Å². The summed E-state index contributed by atoms with van der Waals surface area (Å²) in [6.45, 7) is 3.31. The van der Waals surface area contributed by atoms with Crippen LogP contribution in [-0.2, 0) is 9.59 Å². The van der Waals surface area contributed by atoms with E-state index in [4.69, 9.17) is 15.2 Å². The number of hydrogen-bond donors (Lipinski definition) is 2. The lowest BCUT2D eigenvalue weighted by atomic mass is 9.81. The first-order chi connectivity index (χ1) is 12.5. The van der Waals surface area contributed by atoms with E-state index in [1.54, 1.807) is 23.1 Å². The van der Waals surface area contributed by atoms with Gasteiger partial charge in [-0.25, -0.2) is 0 Å². The monoisotopic (exact) mass is 397 g/mol. The van der Waals surface area contributed by atoms with Gasteiger partial charge in [-0.1, -0.05) is 19.3 Å². The van der Waals surface area contributed by atoms with Crippen molar-refractivity contribution < 1.29 is 19.1 Å². The van der Waals surface area contributed by atoms with Gasteiger partial charge < -0.3 is 25.4 Å². The second-order valence-corrected chi connectivity index (χ2v) is 6.94. The molecule has 0 radical (unpaired) electrons. The highest BCUT2D eigenvalue weighted by atomic mass is 35.5. The van der Waals surface area contributed by atoms with Crippen molar-refractivity contribution in [3.05, 3.63) is 18.2 Å². The van der Waals surface area contributed by atoms with E-state index in [2.05, 4.69) is 5.32 Å². The summed E-state index contributed by atoms with van der Waals surface area (Å²) < 4.78 is 11.0. The number of benzene rings is 1. The van der Waals surface area contributed by atoms with Gasteiger partial charge in [-0.05, 0) is 31.9 Å². The fourth-order valence-corrected chi connectivity index (χ4v) is 3.53. The maximum Gasteiger partial charge on any atom is 0.243 e. The number of nitrogens with zero attached hydrogens (tertiary/aromatic N) is 1. The minimum absolute atomic E-state index is 0. The average Bonchev–Trinajstić information content (AvgIpc) is 2.66. The van der Waals surface area contributed by atoms with Gasteiger partial charge in [0.1, 0.15) is 13.2 Å². The van der Waals surface area contributed by atoms with E-state index in [9.17, 15) is 9.59 Å². The predicted molar refractivity (Wildman–Crippen MR) is 106 cm³/mol. The van der Waals surface area contributed by atoms with Crippen LogP contribution in [-0.4, -0.2) is 48.6 Å². The number of amides is 2. The predicted octanol–water partition coefficient (Wildman–Crippen LogP) is 2.33. The topological polar surface area (TPSA) is 93.9 Å². The van der Waals surface area contributed by atoms with E-state index in [1.807, 2.05) is 6.92 Å². The Morgan fingerprint density at radius 1 is 1.15 bits per heavy atom. The first-order valence-electron chi connectivity index (χ1n) is 9.29. The molecule has 150 valence electrons. The number of anilines is 1. The van der Waals surface area contributed by atoms with Crippen molar-refractivity contribution in [3.63, 3.8) is 0 Å². The average molecular weight is 398 g/mol. The molecule has 3 N–H and O–H groups in total. The maximum absolute atomic E-state index is 12.8. The summed E-state index contributed by atoms with van der Waals surface area (Å²) in [4.78, 5) is 26.8. The molecule has 0 unspecified atom stereocenters. The van der Waals surface area contributed by atoms with Crippen molar-refractivity contribution in [2.24, 2.45) is 5.73 Å². The number of carbonyl (C=O) groups is 2. The number of likely N-dealkylation sites (N-methyl/N-ethyl adjacent to an activating group) is 1. The van der Waals surface area contributed by atoms with Crippen LogP contribution < -0.4 is 20.5 Å². The summed E-state index contributed by atoms with van der Waals surface area (Å²) >= 11 is 0. The number of rotatable bonds is 5. The molecule has 2 aliphatic rings. The Hall–Kier alpha value is -1.99. The largest absolute Gasteiger partial charge is 0.486 e. The van der Waals surface area contributed by atoms with Crippen LogP contribution >= 0.6 is 12.4 Å². The van der Waals surface area contributed by atoms with Crippen LogP contribution in [0, 0.1) is 0 Å². The third-order valence-corrected chi connectivity index (χ3v) is 5.00. The Labute approximate surface area is 166 Å². The number of halogens is 1. The van der Waals surface area contributed by atoms with Crippen molar-refractivity contribution >= 4 is 29.9 Å². The summed E-state index contributed by atoms with van der Waals surface area (Å²) in [5.41, 5.74) is 6.12. The Bertz CT molecular complexity index is 677. The summed E-state index contributed by atoms with van der Waals surface area (Å²) in [5, 5.41) is 2.82. The Morgan fingerprint density at radius 2 is 1.81 bits per heavy atom. The molecule has 1 heterocycles. The van der Waals surface area contributed by atoms with Crippen molar-refractivity contribution in [3.8, 4) is 11.5 Å². The van der Waals surface area contributed by atoms with Crippen LogP contribution in [0.1, 0.15) is 39.0 Å². The van der Waals surface area contributed by atoms with Gasteiger partial charge in [0.25, 0.3) is 0 Å². The highest BCUT2D eigenvalue weighted by Gasteiger charge is 2.38. The summed E-state index contributed by atoms with van der Waals surface area (Å²) in [6.07, 6.45) is 4.41. The van der Waals surface area contributed by atoms with Crippen molar-refractivity contribution in [2.75, 3.05) is 31.6 Å². The van der Waals surface area contributed by atoms with Gasteiger partial charge in [0.2, 0.25) is 11.8 Å². The van der Waals surface area contributed by atoms with Crippen LogP contribution in [0.5, 0.6) is 11.5 Å². The van der Waals surface area contributed by atoms with Gasteiger partial charge >= 0.3 is 0 Å². The molecule has 1 fully saturated rings. The van der Waals surface area contributed by atoms with Crippen molar-refractivity contribution in [2.45, 2.75) is 44.6 Å². The van der Waals surface area contributed by atoms with Gasteiger partial charge in [0.05, 0.1) is 12.1 Å². The van der Waals surface area contributed by atoms with Crippen LogP contribution in [0.25, 0.3) is 0 Å². The molecule has 1 aliphatic carbocycles. The molecule has 3 rings (SSSR count). The Kier molecular flexibility index (Phi) is 7.33. The second kappa shape index (κ2) is 9.28. The molecule has 1 aromatic rings. The summed E-state index contributed by atoms with van der Waals surface area (Å²) in [7, 11) is 0. The lowest BCUT2D eigenvalue weighted by molar-refractivity contribution is -0.140. The molecule has 0 saturated heterocycles. The number of nitrogens with two attached hydrogens (primary N) is 1. The third kappa shape index (κ3) is 5.05. The third-order valence-electron chi connectivity index (χ3n) is 5.00. The van der Waals surface area contributed by atoms with E-state index in [-0.39, 0.29) is 30.8 Å². The lowest BCUT2D eigenvalue weighted by Gasteiger charge is -2.36. The molecule has 1 aromatic carbocycles. The van der Waals surface area contributed by atoms with Crippen LogP contribution in [0.2, 0.25) is 0 Å². The number of nitrogens with one attached hydrogen (secondary N) is 1. The standard InChI is InChI=1S/C19H27N3O4.ClH/c1-2-22(18(24)19(20)8-4-3-5-9-19)13-17(23)21-14-6-7-15-16(12-14)26-11-10-25-15;/h6-7,12H,2-5,8-11,13,20H2,1H3,(H,21,23);1H. The van der Waals surface area contributed by atoms with Gasteiger partial charge in [-0.2, -0.15) is 0 Å². The SMILES string of the molecule is CCN(CC(=O)Nc1ccc2c(c1)OCCO2)C(=O)C1(N)CCCCC1.Cl. The summed E-state index contributed by atoms with van der Waals surface area (Å²) in [5.74, 6) is 0.899. The highest BCUT2D eigenvalue weighted by molar-refractivity contribution is 5.96. The van der Waals surface area contributed by atoms with Crippen molar-refractivity contribution in [1.82, 2.24) is 4.90 Å². The van der Waals surface area contributed by atoms with Crippen LogP contribution in [0.3, 0.4) is 0 Å². The van der Waals surface area contributed by atoms with Gasteiger partial charge in [0, 0.05) is 18.3 Å². The molecule has 27 heavy (non-hydrogen) atoms. The fourth-order valence-electron chi connectivity index (χ4n) is 3.53. The lowest BCUT2D eigenvalue weighted by Crippen LogP contribution is -2.57. The highest BCUT2D eigenvalue weighted by Crippen LogP contribution is 2.32. The number of carbonyl (C=O) groups excluding carboxylic acids is 2. The minimum Gasteiger partial charge on any atom is -0.486 e. The van der Waals surface area contributed by atoms with E-state index < -0.39 is 5.54 Å². The molecule has 2 amide bonds. The molecule has 0 aromatic heterocycles. The van der Waals surface area contributed by atoms with Gasteiger partial charge in [0.15, 0.2) is 11.5 Å². The fraction of sp³-hybridized carbons (Fsp3) is 0.579. The molecule has 1 saturated carbocycles. The van der Waals surface area contributed by atoms with E-state index >= 15 is 0 Å². The van der Waals surface area contributed by atoms with E-state index in [1.165, 1.54) is 0 Å². The van der Waals surface area contributed by atoms with E-state index in [0.29, 0.717) is 49.8 Å². The molecular weight excluding hydrogens is 370 g/mol. The zero-order valence-electron chi connectivity index (χ0n) is 15.7. The first kappa shape index (κ1) is 21.3. The zero-order valence-corrected chi connectivity index (χ0v) is 16.5. The molecular formula is C19H28ClN3O4. The molecule has 0 atom stereocenters. The quantitative estimate of drug-likeness (QED) is 0.795. The molecule has 8 heteroatoms. The Morgan fingerprint density at radius 3 is 2.48 bits per heavy atom. The normalized spacial score (nSPS) is 17.4. The van der Waals surface area contributed by atoms with Crippen molar-refractivity contribution in [1.29, 1.82) is 0 Å². The minimum atomic E-state index is -0.828. The second-order valence-electron chi connectivity index (χ2n) is 6.94. The molecule has 1 aliphatic heterocycles. The number of ether oxygens (including phenoxy) is 2. The van der Waals surface area contributed by atoms with Crippen LogP contribution in [0.4, 0.5) is 5.69 Å². The number of fused-ring (bicyclic) bond motifs is 1. The van der Waals surface area contributed by atoms with Crippen LogP contribution in [0.15, 0.2) is 18.2 Å². The molecule has 0 spiro atoms. The zero-order chi connectivity index (χ0) is 18.6. The smallest absolute Gasteiger partial charge is 0.243 e. The number of hydrogen-bond acceptors (Lipinski definition) is 5. The van der Waals surface area contributed by atoms with E-state index in [0.717, 1.165) is 19.3 Å². The maximum atomic E-state index is 12.8. The molecule has 0 bridgehead atoms. The van der Waals surface area contributed by atoms with Gasteiger partial charge in [-0.3, -0.25) is 9.59 Å². The summed E-state index contributed by atoms with van der Waals surface area (Å²) in [6, 6.07) is 5.26. The molecule has 7 nitrogen and oxygen atoms in total. The first-order valence-corrected chi connectivity index (χ1v) is 9.29.